The van der Waals surface area contributed by atoms with Crippen LogP contribution in [0.15, 0.2) is 36.4 Å². The molecule has 6 heteroatoms. The number of hydrogen-bond acceptors (Lipinski definition) is 5. The van der Waals surface area contributed by atoms with Gasteiger partial charge >= 0.3 is 5.97 Å². The van der Waals surface area contributed by atoms with Crippen molar-refractivity contribution in [1.82, 2.24) is 0 Å². The van der Waals surface area contributed by atoms with E-state index in [0.717, 1.165) is 37.0 Å². The molecule has 2 unspecified atom stereocenters. The molecule has 2 atom stereocenters. The van der Waals surface area contributed by atoms with E-state index in [0.29, 0.717) is 24.7 Å². The molecule has 2 aromatic rings. The summed E-state index contributed by atoms with van der Waals surface area (Å²) in [5.41, 5.74) is 3.57. The van der Waals surface area contributed by atoms with E-state index in [1.165, 1.54) is 36.1 Å². The molecule has 2 aromatic carbocycles. The molecule has 5 nitrogen and oxygen atoms in total. The zero-order chi connectivity index (χ0) is 23.2. The Hall–Kier alpha value is -2.60. The maximum absolute atomic E-state index is 13.1. The van der Waals surface area contributed by atoms with E-state index in [1.807, 2.05) is 0 Å². The van der Waals surface area contributed by atoms with Crippen LogP contribution in [0.3, 0.4) is 0 Å². The van der Waals surface area contributed by atoms with Gasteiger partial charge in [0.2, 0.25) is 0 Å². The first-order valence-electron chi connectivity index (χ1n) is 12.0. The van der Waals surface area contributed by atoms with E-state index in [2.05, 4.69) is 19.1 Å². The van der Waals surface area contributed by atoms with E-state index in [4.69, 9.17) is 14.2 Å². The van der Waals surface area contributed by atoms with Gasteiger partial charge in [0, 0.05) is 6.42 Å². The fourth-order valence-electron chi connectivity index (χ4n) is 4.90. The van der Waals surface area contributed by atoms with Gasteiger partial charge in [0.1, 0.15) is 30.0 Å². The summed E-state index contributed by atoms with van der Waals surface area (Å²) in [5, 5.41) is 9.93. The van der Waals surface area contributed by atoms with Gasteiger partial charge in [-0.05, 0) is 73.9 Å². The number of benzene rings is 2. The highest BCUT2D eigenvalue weighted by molar-refractivity contribution is 5.71. The minimum absolute atomic E-state index is 0.0493. The van der Waals surface area contributed by atoms with Crippen LogP contribution in [0.1, 0.15) is 67.6 Å². The van der Waals surface area contributed by atoms with Crippen LogP contribution in [0, 0.1) is 12.7 Å². The Kier molecular flexibility index (Phi) is 7.86. The molecule has 4 rings (SSSR count). The molecular formula is C27H33FO5. The highest BCUT2D eigenvalue weighted by Crippen LogP contribution is 2.41. The van der Waals surface area contributed by atoms with Gasteiger partial charge in [0.15, 0.2) is 0 Å². The lowest BCUT2D eigenvalue weighted by Gasteiger charge is -2.27. The average molecular weight is 457 g/mol. The normalized spacial score (nSPS) is 21.1. The predicted molar refractivity (Wildman–Crippen MR) is 123 cm³/mol. The Morgan fingerprint density at radius 1 is 1.12 bits per heavy atom. The highest BCUT2D eigenvalue weighted by atomic mass is 19.1. The van der Waals surface area contributed by atoms with Crippen molar-refractivity contribution in [3.63, 3.8) is 0 Å². The van der Waals surface area contributed by atoms with E-state index in [-0.39, 0.29) is 24.8 Å². The SMILES string of the molecule is Cc1cc(CCCOc2ccc(F)cc2)c(OCC2CC(O)CC(=O)O2)c(C2CCCC2)c1. The van der Waals surface area contributed by atoms with Crippen LogP contribution >= 0.6 is 0 Å². The molecule has 1 heterocycles. The lowest BCUT2D eigenvalue weighted by molar-refractivity contribution is -0.162. The van der Waals surface area contributed by atoms with Gasteiger partial charge in [-0.1, -0.05) is 30.5 Å². The van der Waals surface area contributed by atoms with Crippen LogP contribution in [0.4, 0.5) is 4.39 Å². The van der Waals surface area contributed by atoms with Gasteiger partial charge in [0.05, 0.1) is 19.1 Å². The topological polar surface area (TPSA) is 65.0 Å². The summed E-state index contributed by atoms with van der Waals surface area (Å²) in [5.74, 6) is 1.38. The largest absolute Gasteiger partial charge is 0.494 e. The molecule has 0 spiro atoms. The van der Waals surface area contributed by atoms with Crippen LogP contribution < -0.4 is 9.47 Å². The van der Waals surface area contributed by atoms with Gasteiger partial charge in [-0.25, -0.2) is 4.39 Å². The van der Waals surface area contributed by atoms with Crippen LogP contribution in [-0.4, -0.2) is 36.5 Å². The second-order valence-corrected chi connectivity index (χ2v) is 9.25. The molecule has 1 N–H and O–H groups in total. The van der Waals surface area contributed by atoms with Crippen molar-refractivity contribution in [3.8, 4) is 11.5 Å². The van der Waals surface area contributed by atoms with Gasteiger partial charge in [-0.15, -0.1) is 0 Å². The maximum Gasteiger partial charge on any atom is 0.308 e. The van der Waals surface area contributed by atoms with Crippen LogP contribution in [0.2, 0.25) is 0 Å². The first kappa shape index (κ1) is 23.6. The Bertz CT molecular complexity index is 936. The van der Waals surface area contributed by atoms with Crippen molar-refractivity contribution >= 4 is 5.97 Å². The number of halogens is 1. The summed E-state index contributed by atoms with van der Waals surface area (Å²) in [6, 6.07) is 10.4. The number of aliphatic hydroxyl groups is 1. The Morgan fingerprint density at radius 3 is 2.61 bits per heavy atom. The monoisotopic (exact) mass is 456 g/mol. The molecule has 1 saturated heterocycles. The fraction of sp³-hybridized carbons (Fsp3) is 0.519. The summed E-state index contributed by atoms with van der Waals surface area (Å²) in [6.45, 7) is 2.87. The van der Waals surface area contributed by atoms with Gasteiger partial charge in [-0.3, -0.25) is 4.79 Å². The highest BCUT2D eigenvalue weighted by Gasteiger charge is 2.29. The molecule has 1 saturated carbocycles. The molecule has 33 heavy (non-hydrogen) atoms. The van der Waals surface area contributed by atoms with Crippen molar-refractivity contribution in [2.45, 2.75) is 76.4 Å². The third kappa shape index (κ3) is 6.47. The van der Waals surface area contributed by atoms with Crippen LogP contribution in [0.5, 0.6) is 11.5 Å². The summed E-state index contributed by atoms with van der Waals surface area (Å²) < 4.78 is 30.6. The molecule has 2 aliphatic rings. The lowest BCUT2D eigenvalue weighted by Crippen LogP contribution is -2.36. The second kappa shape index (κ2) is 11.0. The first-order valence-corrected chi connectivity index (χ1v) is 12.0. The van der Waals surface area contributed by atoms with E-state index >= 15 is 0 Å². The van der Waals surface area contributed by atoms with Crippen molar-refractivity contribution in [1.29, 1.82) is 0 Å². The first-order chi connectivity index (χ1) is 16.0. The Balaban J connectivity index is 1.45. The number of carbonyl (C=O) groups is 1. The van der Waals surface area contributed by atoms with Crippen molar-refractivity contribution in [2.24, 2.45) is 0 Å². The molecule has 0 bridgehead atoms. The van der Waals surface area contributed by atoms with E-state index in [9.17, 15) is 14.3 Å². The van der Waals surface area contributed by atoms with E-state index < -0.39 is 12.2 Å². The number of rotatable bonds is 9. The van der Waals surface area contributed by atoms with Gasteiger partial charge in [-0.2, -0.15) is 0 Å². The molecule has 178 valence electrons. The third-order valence-electron chi connectivity index (χ3n) is 6.46. The zero-order valence-electron chi connectivity index (χ0n) is 19.2. The second-order valence-electron chi connectivity index (χ2n) is 9.25. The fourth-order valence-corrected chi connectivity index (χ4v) is 4.90. The molecule has 2 fully saturated rings. The summed E-state index contributed by atoms with van der Waals surface area (Å²) in [4.78, 5) is 11.7. The van der Waals surface area contributed by atoms with Crippen molar-refractivity contribution in [3.05, 3.63) is 58.9 Å². The van der Waals surface area contributed by atoms with E-state index in [1.54, 1.807) is 12.1 Å². The quantitative estimate of drug-likeness (QED) is 0.413. The summed E-state index contributed by atoms with van der Waals surface area (Å²) >= 11 is 0. The molecule has 0 radical (unpaired) electrons. The molecular weight excluding hydrogens is 423 g/mol. The standard InChI is InChI=1S/C27H33FO5/c1-18-13-20(7-4-12-31-23-10-8-21(28)9-11-23)27(25(14-18)19-5-2-3-6-19)32-17-24-15-22(29)16-26(30)33-24/h8-11,13-14,19,22,24,29H,2-7,12,15-17H2,1H3. The average Bonchev–Trinajstić information content (AvgIpc) is 3.31. The number of aliphatic hydroxyl groups excluding tert-OH is 1. The zero-order valence-corrected chi connectivity index (χ0v) is 19.2. The predicted octanol–water partition coefficient (Wildman–Crippen LogP) is 5.25. The van der Waals surface area contributed by atoms with Gasteiger partial charge in [0.25, 0.3) is 0 Å². The number of cyclic esters (lactones) is 1. The smallest absolute Gasteiger partial charge is 0.308 e. The number of hydrogen-bond donors (Lipinski definition) is 1. The molecule has 0 amide bonds. The number of aryl methyl sites for hydroxylation is 2. The van der Waals surface area contributed by atoms with Crippen LogP contribution in [0.25, 0.3) is 0 Å². The summed E-state index contributed by atoms with van der Waals surface area (Å²) in [7, 11) is 0. The van der Waals surface area contributed by atoms with Crippen molar-refractivity contribution in [2.75, 3.05) is 13.2 Å². The number of carbonyl (C=O) groups excluding carboxylic acids is 1. The maximum atomic E-state index is 13.1. The van der Waals surface area contributed by atoms with Gasteiger partial charge < -0.3 is 19.3 Å². The Morgan fingerprint density at radius 2 is 1.88 bits per heavy atom. The summed E-state index contributed by atoms with van der Waals surface area (Å²) in [6.07, 6.45) is 5.68. The van der Waals surface area contributed by atoms with Crippen molar-refractivity contribution < 1.29 is 28.5 Å². The Labute approximate surface area is 194 Å². The van der Waals surface area contributed by atoms with Crippen LogP contribution in [-0.2, 0) is 16.0 Å². The minimum atomic E-state index is -0.671. The molecule has 1 aliphatic heterocycles. The third-order valence-corrected chi connectivity index (χ3v) is 6.46. The minimum Gasteiger partial charge on any atom is -0.494 e. The lowest BCUT2D eigenvalue weighted by atomic mass is 9.91. The molecule has 0 aromatic heterocycles. The number of esters is 1. The number of ether oxygens (including phenoxy) is 3. The molecule has 1 aliphatic carbocycles.